The molecule has 0 aliphatic heterocycles. The van der Waals surface area contributed by atoms with Gasteiger partial charge in [-0.2, -0.15) is 0 Å². The van der Waals surface area contributed by atoms with Gasteiger partial charge in [-0.15, -0.1) is 0 Å². The minimum atomic E-state index is -1.53. The zero-order valence-electron chi connectivity index (χ0n) is 39.9. The van der Waals surface area contributed by atoms with E-state index in [9.17, 15) is 19.5 Å². The summed E-state index contributed by atoms with van der Waals surface area (Å²) in [5, 5.41) is 9.65. The summed E-state index contributed by atoms with van der Waals surface area (Å²) >= 11 is 0. The standard InChI is InChI=1S/C54H85NO8/c1-6-8-10-12-14-16-18-20-22-23-24-25-26-27-28-29-31-33-35-37-39-41-43-45-52(57)63-50(49-62-54(53(58)59)60-47-46-55(3,4)5)48-61-51(56)44-42-40-38-36-34-32-30-21-19-17-15-13-11-9-7-2/h8-11,14-17,20-22,24-25,27-28,30-31,33-34,36,50,54H,6-7,12-13,18-19,23,26,29,32,35,37-49H2,1-5H3/p+1/b10-8-,11-9-,16-14-,17-15-,22-20-,25-24-,28-27-,30-21-,33-31-,36-34-. The molecule has 0 amide bonds. The van der Waals surface area contributed by atoms with Crippen molar-refractivity contribution in [3.8, 4) is 0 Å². The van der Waals surface area contributed by atoms with Gasteiger partial charge in [-0.05, 0) is 103 Å². The van der Waals surface area contributed by atoms with Crippen molar-refractivity contribution in [1.82, 2.24) is 0 Å². The summed E-state index contributed by atoms with van der Waals surface area (Å²) in [5.74, 6) is -2.12. The van der Waals surface area contributed by atoms with E-state index in [1.807, 2.05) is 21.1 Å². The van der Waals surface area contributed by atoms with Gasteiger partial charge in [-0.3, -0.25) is 9.59 Å². The molecule has 354 valence electrons. The second kappa shape index (κ2) is 44.3. The first-order valence-electron chi connectivity index (χ1n) is 23.7. The van der Waals surface area contributed by atoms with E-state index in [2.05, 4.69) is 135 Å². The lowest BCUT2D eigenvalue weighted by Gasteiger charge is -2.25. The monoisotopic (exact) mass is 877 g/mol. The first kappa shape index (κ1) is 58.7. The Morgan fingerprint density at radius 3 is 1.29 bits per heavy atom. The molecule has 9 nitrogen and oxygen atoms in total. The second-order valence-corrected chi connectivity index (χ2v) is 16.3. The van der Waals surface area contributed by atoms with Crippen LogP contribution in [0.25, 0.3) is 0 Å². The van der Waals surface area contributed by atoms with E-state index in [1.54, 1.807) is 0 Å². The van der Waals surface area contributed by atoms with Crippen molar-refractivity contribution in [2.24, 2.45) is 0 Å². The number of allylic oxidation sites excluding steroid dienone is 20. The fourth-order valence-corrected chi connectivity index (χ4v) is 5.59. The van der Waals surface area contributed by atoms with Crippen LogP contribution in [-0.2, 0) is 33.3 Å². The lowest BCUT2D eigenvalue weighted by atomic mass is 10.1. The van der Waals surface area contributed by atoms with E-state index < -0.39 is 30.3 Å². The number of carbonyl (C=O) groups excluding carboxylic acids is 2. The largest absolute Gasteiger partial charge is 0.477 e. The number of hydrogen-bond donors (Lipinski definition) is 1. The molecule has 63 heavy (non-hydrogen) atoms. The van der Waals surface area contributed by atoms with E-state index in [0.717, 1.165) is 103 Å². The molecular weight excluding hydrogens is 791 g/mol. The Balaban J connectivity index is 4.54. The zero-order chi connectivity index (χ0) is 46.3. The molecule has 0 aliphatic carbocycles. The first-order chi connectivity index (χ1) is 30.6. The Morgan fingerprint density at radius 2 is 0.857 bits per heavy atom. The van der Waals surface area contributed by atoms with Gasteiger partial charge in [0.05, 0.1) is 34.4 Å². The van der Waals surface area contributed by atoms with Gasteiger partial charge in [-0.1, -0.05) is 148 Å². The Bertz CT molecular complexity index is 1440. The number of ether oxygens (including phenoxy) is 4. The maximum absolute atomic E-state index is 12.8. The number of rotatable bonds is 41. The van der Waals surface area contributed by atoms with Crippen LogP contribution in [0.15, 0.2) is 122 Å². The van der Waals surface area contributed by atoms with Crippen LogP contribution in [0.1, 0.15) is 142 Å². The SMILES string of the molecule is CC/C=C\C/C=C\C/C=C\C/C=C\C/C=C\C/C=C\CCCCCCC(=O)OC(COC(=O)CCCC/C=C\C/C=C\C/C=C\C/C=C\CC)COC(OCC[N+](C)(C)C)C(=O)O. The highest BCUT2D eigenvalue weighted by Crippen LogP contribution is 2.11. The maximum atomic E-state index is 12.8. The van der Waals surface area contributed by atoms with Crippen molar-refractivity contribution in [1.29, 1.82) is 0 Å². The van der Waals surface area contributed by atoms with Crippen LogP contribution >= 0.6 is 0 Å². The molecule has 0 aromatic rings. The predicted molar refractivity (Wildman–Crippen MR) is 262 cm³/mol. The Labute approximate surface area is 383 Å². The third-order valence-corrected chi connectivity index (χ3v) is 9.21. The van der Waals surface area contributed by atoms with Gasteiger partial charge in [0.2, 0.25) is 0 Å². The van der Waals surface area contributed by atoms with Crippen molar-refractivity contribution in [3.05, 3.63) is 122 Å². The van der Waals surface area contributed by atoms with Gasteiger partial charge < -0.3 is 28.5 Å². The molecule has 2 atom stereocenters. The van der Waals surface area contributed by atoms with E-state index in [1.165, 1.54) is 0 Å². The van der Waals surface area contributed by atoms with Crippen LogP contribution in [0.5, 0.6) is 0 Å². The predicted octanol–water partition coefficient (Wildman–Crippen LogP) is 13.0. The average Bonchev–Trinajstić information content (AvgIpc) is 3.24. The summed E-state index contributed by atoms with van der Waals surface area (Å²) in [4.78, 5) is 37.2. The molecule has 0 fully saturated rings. The highest BCUT2D eigenvalue weighted by molar-refractivity contribution is 5.71. The number of esters is 2. The van der Waals surface area contributed by atoms with Gasteiger partial charge in [0.15, 0.2) is 6.10 Å². The third-order valence-electron chi connectivity index (χ3n) is 9.21. The van der Waals surface area contributed by atoms with E-state index in [0.29, 0.717) is 23.9 Å². The topological polar surface area (TPSA) is 108 Å². The molecule has 0 saturated carbocycles. The van der Waals surface area contributed by atoms with Crippen LogP contribution in [-0.4, -0.2) is 87.4 Å². The van der Waals surface area contributed by atoms with Crippen molar-refractivity contribution >= 4 is 17.9 Å². The average molecular weight is 877 g/mol. The number of likely N-dealkylation sites (N-methyl/N-ethyl adjacent to an activating group) is 1. The van der Waals surface area contributed by atoms with Crippen LogP contribution < -0.4 is 0 Å². The summed E-state index contributed by atoms with van der Waals surface area (Å²) in [6, 6.07) is 0. The normalized spacial score (nSPS) is 14.0. The molecule has 0 rings (SSSR count). The molecule has 0 aromatic carbocycles. The van der Waals surface area contributed by atoms with E-state index >= 15 is 0 Å². The molecule has 2 unspecified atom stereocenters. The van der Waals surface area contributed by atoms with Crippen molar-refractivity contribution in [2.45, 2.75) is 155 Å². The fourth-order valence-electron chi connectivity index (χ4n) is 5.59. The summed E-state index contributed by atoms with van der Waals surface area (Å²) in [7, 11) is 5.92. The summed E-state index contributed by atoms with van der Waals surface area (Å²) in [6.07, 6.45) is 58.4. The quantitative estimate of drug-likeness (QED) is 0.0213. The highest BCUT2D eigenvalue weighted by atomic mass is 16.7. The highest BCUT2D eigenvalue weighted by Gasteiger charge is 2.25. The lowest BCUT2D eigenvalue weighted by Crippen LogP contribution is -2.40. The zero-order valence-corrected chi connectivity index (χ0v) is 39.9. The smallest absolute Gasteiger partial charge is 0.361 e. The summed E-state index contributed by atoms with van der Waals surface area (Å²) < 4.78 is 22.7. The maximum Gasteiger partial charge on any atom is 0.361 e. The van der Waals surface area contributed by atoms with Gasteiger partial charge in [0.25, 0.3) is 6.29 Å². The van der Waals surface area contributed by atoms with E-state index in [-0.39, 0.29) is 32.7 Å². The van der Waals surface area contributed by atoms with Crippen LogP contribution in [0.4, 0.5) is 0 Å². The minimum absolute atomic E-state index is 0.168. The number of carboxylic acids is 1. The molecule has 0 heterocycles. The second-order valence-electron chi connectivity index (χ2n) is 16.3. The number of hydrogen-bond acceptors (Lipinski definition) is 7. The van der Waals surface area contributed by atoms with Crippen molar-refractivity contribution in [2.75, 3.05) is 47.5 Å². The molecule has 0 spiro atoms. The van der Waals surface area contributed by atoms with Crippen LogP contribution in [0, 0.1) is 0 Å². The molecule has 1 N–H and O–H groups in total. The number of carboxylic acid groups (broad SMARTS) is 1. The Morgan fingerprint density at radius 1 is 0.476 bits per heavy atom. The Hall–Kier alpha value is -4.31. The third kappa shape index (κ3) is 45.5. The van der Waals surface area contributed by atoms with Crippen LogP contribution in [0.2, 0.25) is 0 Å². The van der Waals surface area contributed by atoms with Gasteiger partial charge in [0.1, 0.15) is 13.2 Å². The van der Waals surface area contributed by atoms with Crippen molar-refractivity contribution < 1.29 is 42.9 Å². The summed E-state index contributed by atoms with van der Waals surface area (Å²) in [6.45, 7) is 4.52. The van der Waals surface area contributed by atoms with E-state index in [4.69, 9.17) is 18.9 Å². The molecule has 0 aliphatic rings. The minimum Gasteiger partial charge on any atom is -0.477 e. The number of quaternary nitrogens is 1. The lowest BCUT2D eigenvalue weighted by molar-refractivity contribution is -0.870. The molecule has 0 aromatic heterocycles. The number of carbonyl (C=O) groups is 3. The fraction of sp³-hybridized carbons (Fsp3) is 0.574. The van der Waals surface area contributed by atoms with Crippen LogP contribution in [0.3, 0.4) is 0 Å². The molecule has 0 radical (unpaired) electrons. The first-order valence-corrected chi connectivity index (χ1v) is 23.7. The Kier molecular flexibility index (Phi) is 41.3. The molecule has 0 saturated heterocycles. The number of nitrogens with zero attached hydrogens (tertiary/aromatic N) is 1. The summed E-state index contributed by atoms with van der Waals surface area (Å²) in [5.41, 5.74) is 0. The molecule has 9 heteroatoms. The molecule has 0 bridgehead atoms. The van der Waals surface area contributed by atoms with Gasteiger partial charge in [0, 0.05) is 12.8 Å². The number of aliphatic carboxylic acids is 1. The molecular formula is C54H86NO8+. The van der Waals surface area contributed by atoms with Crippen molar-refractivity contribution in [3.63, 3.8) is 0 Å². The van der Waals surface area contributed by atoms with Gasteiger partial charge in [-0.25, -0.2) is 4.79 Å². The number of unbranched alkanes of at least 4 members (excludes halogenated alkanes) is 6. The van der Waals surface area contributed by atoms with Gasteiger partial charge >= 0.3 is 17.9 Å².